The monoisotopic (exact) mass is 261 g/mol. The number of rotatable bonds is 1. The van der Waals surface area contributed by atoms with Crippen molar-refractivity contribution in [3.63, 3.8) is 0 Å². The van der Waals surface area contributed by atoms with Crippen LogP contribution in [0.1, 0.15) is 35.4 Å². The molecule has 0 saturated carbocycles. The molecule has 0 saturated heterocycles. The van der Waals surface area contributed by atoms with Gasteiger partial charge in [-0.25, -0.2) is 4.39 Å². The van der Waals surface area contributed by atoms with E-state index in [2.05, 4.69) is 5.10 Å². The molecule has 0 aliphatic carbocycles. The highest BCUT2D eigenvalue weighted by atomic mass is 19.1. The minimum Gasteiger partial charge on any atom is -0.485 e. The zero-order valence-electron chi connectivity index (χ0n) is 10.9. The lowest BCUT2D eigenvalue weighted by atomic mass is 9.94. The summed E-state index contributed by atoms with van der Waals surface area (Å²) < 4.78 is 21.0. The van der Waals surface area contributed by atoms with Crippen molar-refractivity contribution in [3.05, 3.63) is 47.0 Å². The van der Waals surface area contributed by atoms with Crippen molar-refractivity contribution >= 4 is 0 Å². The summed E-state index contributed by atoms with van der Waals surface area (Å²) in [4.78, 5) is 0. The van der Waals surface area contributed by atoms with Crippen LogP contribution in [0.3, 0.4) is 0 Å². The molecule has 0 radical (unpaired) electrons. The standard InChI is InChI=1S/C14H16FN3O/c1-8-11(7-17-18(8)2)14-6-12(16)10-5-9(15)3-4-13(10)19-14/h3-5,7,12,14H,6,16H2,1-2H3/t12-,14?/m0/s1. The number of nitrogens with two attached hydrogens (primary N) is 1. The Labute approximate surface area is 111 Å². The average Bonchev–Trinajstić information content (AvgIpc) is 2.71. The summed E-state index contributed by atoms with van der Waals surface area (Å²) in [6.45, 7) is 2.00. The van der Waals surface area contributed by atoms with Gasteiger partial charge in [0.15, 0.2) is 0 Å². The van der Waals surface area contributed by atoms with Crippen LogP contribution in [0.15, 0.2) is 24.4 Å². The molecule has 1 aliphatic heterocycles. The first-order valence-electron chi connectivity index (χ1n) is 6.26. The molecule has 1 aromatic heterocycles. The first-order chi connectivity index (χ1) is 9.06. The van der Waals surface area contributed by atoms with Gasteiger partial charge in [0.1, 0.15) is 17.7 Å². The van der Waals surface area contributed by atoms with Gasteiger partial charge in [-0.2, -0.15) is 5.10 Å². The van der Waals surface area contributed by atoms with E-state index in [-0.39, 0.29) is 18.0 Å². The fourth-order valence-corrected chi connectivity index (χ4v) is 2.50. The van der Waals surface area contributed by atoms with Crippen LogP contribution in [0.4, 0.5) is 4.39 Å². The van der Waals surface area contributed by atoms with E-state index in [4.69, 9.17) is 10.5 Å². The van der Waals surface area contributed by atoms with Gasteiger partial charge in [-0.1, -0.05) is 0 Å². The lowest BCUT2D eigenvalue weighted by Gasteiger charge is -2.30. The number of fused-ring (bicyclic) bond motifs is 1. The molecule has 2 atom stereocenters. The minimum absolute atomic E-state index is 0.123. The zero-order valence-corrected chi connectivity index (χ0v) is 10.9. The highest BCUT2D eigenvalue weighted by molar-refractivity contribution is 5.39. The quantitative estimate of drug-likeness (QED) is 0.857. The third-order valence-electron chi connectivity index (χ3n) is 3.73. The zero-order chi connectivity index (χ0) is 13.6. The highest BCUT2D eigenvalue weighted by Crippen LogP contribution is 2.40. The Bertz CT molecular complexity index is 623. The van der Waals surface area contributed by atoms with Crippen LogP contribution in [-0.2, 0) is 7.05 Å². The molecule has 100 valence electrons. The number of hydrogen-bond donors (Lipinski definition) is 1. The topological polar surface area (TPSA) is 53.1 Å². The summed E-state index contributed by atoms with van der Waals surface area (Å²) in [5.41, 5.74) is 8.95. The van der Waals surface area contributed by atoms with Gasteiger partial charge in [0.2, 0.25) is 0 Å². The molecule has 1 aromatic carbocycles. The third kappa shape index (κ3) is 2.00. The second kappa shape index (κ2) is 4.35. The molecule has 0 spiro atoms. The number of nitrogens with zero attached hydrogens (tertiary/aromatic N) is 2. The van der Waals surface area contributed by atoms with E-state index in [0.29, 0.717) is 12.2 Å². The molecule has 2 aromatic rings. The summed E-state index contributed by atoms with van der Waals surface area (Å²) in [7, 11) is 1.89. The van der Waals surface area contributed by atoms with Crippen LogP contribution in [0.2, 0.25) is 0 Å². The fraction of sp³-hybridized carbons (Fsp3) is 0.357. The number of hydrogen-bond acceptors (Lipinski definition) is 3. The van der Waals surface area contributed by atoms with Crippen molar-refractivity contribution in [1.82, 2.24) is 9.78 Å². The van der Waals surface area contributed by atoms with Crippen molar-refractivity contribution in [2.24, 2.45) is 12.8 Å². The van der Waals surface area contributed by atoms with E-state index < -0.39 is 0 Å². The van der Waals surface area contributed by atoms with E-state index in [1.54, 1.807) is 12.3 Å². The van der Waals surface area contributed by atoms with Gasteiger partial charge in [-0.3, -0.25) is 4.68 Å². The van der Waals surface area contributed by atoms with Gasteiger partial charge in [-0.05, 0) is 25.1 Å². The summed E-state index contributed by atoms with van der Waals surface area (Å²) in [6.07, 6.45) is 2.31. The van der Waals surface area contributed by atoms with Gasteiger partial charge in [0.05, 0.1) is 6.20 Å². The van der Waals surface area contributed by atoms with Crippen LogP contribution >= 0.6 is 0 Å². The molecular weight excluding hydrogens is 245 g/mol. The van der Waals surface area contributed by atoms with Crippen molar-refractivity contribution < 1.29 is 9.13 Å². The van der Waals surface area contributed by atoms with Crippen molar-refractivity contribution in [1.29, 1.82) is 0 Å². The van der Waals surface area contributed by atoms with Crippen LogP contribution < -0.4 is 10.5 Å². The predicted octanol–water partition coefficient (Wildman–Crippen LogP) is 2.39. The summed E-state index contributed by atoms with van der Waals surface area (Å²) in [5.74, 6) is 0.377. The Balaban J connectivity index is 1.97. The molecular formula is C14H16FN3O. The SMILES string of the molecule is Cc1c(C2C[C@H](N)c3cc(F)ccc3O2)cnn1C. The lowest BCUT2D eigenvalue weighted by molar-refractivity contribution is 0.160. The molecule has 19 heavy (non-hydrogen) atoms. The second-order valence-electron chi connectivity index (χ2n) is 4.94. The molecule has 2 heterocycles. The van der Waals surface area contributed by atoms with E-state index in [1.807, 2.05) is 18.7 Å². The van der Waals surface area contributed by atoms with E-state index in [9.17, 15) is 4.39 Å². The molecule has 2 N–H and O–H groups in total. The first-order valence-corrected chi connectivity index (χ1v) is 6.26. The normalized spacial score (nSPS) is 21.9. The van der Waals surface area contributed by atoms with E-state index in [1.165, 1.54) is 12.1 Å². The van der Waals surface area contributed by atoms with Gasteiger partial charge < -0.3 is 10.5 Å². The number of benzene rings is 1. The molecule has 0 fully saturated rings. The number of aromatic nitrogens is 2. The Morgan fingerprint density at radius 1 is 1.42 bits per heavy atom. The van der Waals surface area contributed by atoms with Crippen LogP contribution in [0, 0.1) is 12.7 Å². The maximum atomic E-state index is 13.2. The summed E-state index contributed by atoms with van der Waals surface area (Å²) in [6, 6.07) is 4.27. The third-order valence-corrected chi connectivity index (χ3v) is 3.73. The van der Waals surface area contributed by atoms with Crippen LogP contribution in [-0.4, -0.2) is 9.78 Å². The number of halogens is 1. The van der Waals surface area contributed by atoms with Gasteiger partial charge in [-0.15, -0.1) is 0 Å². The van der Waals surface area contributed by atoms with Crippen LogP contribution in [0.25, 0.3) is 0 Å². The maximum Gasteiger partial charge on any atom is 0.129 e. The Morgan fingerprint density at radius 2 is 2.21 bits per heavy atom. The maximum absolute atomic E-state index is 13.2. The smallest absolute Gasteiger partial charge is 0.129 e. The Hall–Kier alpha value is -1.88. The molecule has 0 bridgehead atoms. The Morgan fingerprint density at radius 3 is 2.89 bits per heavy atom. The van der Waals surface area contributed by atoms with Gasteiger partial charge >= 0.3 is 0 Å². The van der Waals surface area contributed by atoms with Gasteiger partial charge in [0, 0.05) is 36.3 Å². The first kappa shape index (κ1) is 12.2. The summed E-state index contributed by atoms with van der Waals surface area (Å²) in [5, 5.41) is 4.22. The minimum atomic E-state index is -0.284. The van der Waals surface area contributed by atoms with Crippen LogP contribution in [0.5, 0.6) is 5.75 Å². The number of ether oxygens (including phenoxy) is 1. The fourth-order valence-electron chi connectivity index (χ4n) is 2.50. The van der Waals surface area contributed by atoms with Gasteiger partial charge in [0.25, 0.3) is 0 Å². The Kier molecular flexibility index (Phi) is 2.78. The molecule has 5 heteroatoms. The van der Waals surface area contributed by atoms with Crippen molar-refractivity contribution in [2.45, 2.75) is 25.5 Å². The molecule has 0 amide bonds. The molecule has 3 rings (SSSR count). The largest absolute Gasteiger partial charge is 0.485 e. The highest BCUT2D eigenvalue weighted by Gasteiger charge is 2.29. The molecule has 4 nitrogen and oxygen atoms in total. The number of aryl methyl sites for hydroxylation is 1. The average molecular weight is 261 g/mol. The van der Waals surface area contributed by atoms with E-state index >= 15 is 0 Å². The predicted molar refractivity (Wildman–Crippen MR) is 69.3 cm³/mol. The molecule has 1 aliphatic rings. The van der Waals surface area contributed by atoms with E-state index in [0.717, 1.165) is 16.8 Å². The second-order valence-corrected chi connectivity index (χ2v) is 4.94. The van der Waals surface area contributed by atoms with Crippen molar-refractivity contribution in [2.75, 3.05) is 0 Å². The van der Waals surface area contributed by atoms with Crippen molar-refractivity contribution in [3.8, 4) is 5.75 Å². The lowest BCUT2D eigenvalue weighted by Crippen LogP contribution is -2.24. The molecule has 1 unspecified atom stereocenters. The summed E-state index contributed by atoms with van der Waals surface area (Å²) >= 11 is 0.